The molecule has 0 bridgehead atoms. The average Bonchev–Trinajstić information content (AvgIpc) is 2.87. The van der Waals surface area contributed by atoms with Gasteiger partial charge >= 0.3 is 0 Å². The molecule has 0 fully saturated rings. The van der Waals surface area contributed by atoms with Crippen LogP contribution in [0.2, 0.25) is 0 Å². The first kappa shape index (κ1) is 9.77. The van der Waals surface area contributed by atoms with Gasteiger partial charge in [0.05, 0.1) is 0 Å². The van der Waals surface area contributed by atoms with Crippen molar-refractivity contribution in [2.45, 2.75) is 6.42 Å². The van der Waals surface area contributed by atoms with Crippen molar-refractivity contribution in [2.24, 2.45) is 0 Å². The fraction of sp³-hybridized carbons (Fsp3) is 0.125. The van der Waals surface area contributed by atoms with Gasteiger partial charge in [0.1, 0.15) is 5.75 Å². The number of fused-ring (bicyclic) bond motifs is 5. The summed E-state index contributed by atoms with van der Waals surface area (Å²) in [5.74, 6) is 0.350. The summed E-state index contributed by atoms with van der Waals surface area (Å²) in [6, 6.07) is 14.2. The standard InChI is InChI=1S/C16H13NO/c18-15-3-1-2-11-12-5-4-10-8-9-17-16(10)14(12)7-6-13(11)15/h1-7,17-18H,8-9H2. The van der Waals surface area contributed by atoms with Crippen LogP contribution in [0.25, 0.3) is 21.5 Å². The summed E-state index contributed by atoms with van der Waals surface area (Å²) < 4.78 is 0. The van der Waals surface area contributed by atoms with Crippen LogP contribution in [0.4, 0.5) is 5.69 Å². The molecule has 0 atom stereocenters. The van der Waals surface area contributed by atoms with Gasteiger partial charge < -0.3 is 10.4 Å². The second-order valence-electron chi connectivity index (χ2n) is 4.81. The zero-order valence-electron chi connectivity index (χ0n) is 9.90. The van der Waals surface area contributed by atoms with Crippen molar-refractivity contribution >= 4 is 27.2 Å². The van der Waals surface area contributed by atoms with Gasteiger partial charge in [-0.2, -0.15) is 0 Å². The number of rotatable bonds is 0. The molecule has 0 spiro atoms. The number of benzene rings is 3. The predicted octanol–water partition coefficient (Wildman–Crippen LogP) is 3.67. The molecular weight excluding hydrogens is 222 g/mol. The van der Waals surface area contributed by atoms with E-state index in [1.807, 2.05) is 12.1 Å². The Hall–Kier alpha value is -2.22. The Morgan fingerprint density at radius 2 is 1.61 bits per heavy atom. The van der Waals surface area contributed by atoms with E-state index in [0.717, 1.165) is 23.7 Å². The number of nitrogens with one attached hydrogen (secondary N) is 1. The van der Waals surface area contributed by atoms with Crippen LogP contribution >= 0.6 is 0 Å². The molecule has 88 valence electrons. The molecule has 2 heteroatoms. The second-order valence-corrected chi connectivity index (χ2v) is 4.81. The Balaban J connectivity index is 2.21. The van der Waals surface area contributed by atoms with Crippen molar-refractivity contribution in [3.8, 4) is 5.75 Å². The summed E-state index contributed by atoms with van der Waals surface area (Å²) in [6.07, 6.45) is 1.10. The third-order valence-electron chi connectivity index (χ3n) is 3.82. The van der Waals surface area contributed by atoms with E-state index in [4.69, 9.17) is 0 Å². The van der Waals surface area contributed by atoms with Crippen LogP contribution in [0.1, 0.15) is 5.56 Å². The first-order chi connectivity index (χ1) is 8.84. The summed E-state index contributed by atoms with van der Waals surface area (Å²) in [4.78, 5) is 0. The smallest absolute Gasteiger partial charge is 0.123 e. The van der Waals surface area contributed by atoms with Crippen molar-refractivity contribution in [2.75, 3.05) is 11.9 Å². The van der Waals surface area contributed by atoms with Gasteiger partial charge in [-0.1, -0.05) is 30.3 Å². The summed E-state index contributed by atoms with van der Waals surface area (Å²) in [5, 5.41) is 17.9. The topological polar surface area (TPSA) is 32.3 Å². The minimum absolute atomic E-state index is 0.350. The van der Waals surface area contributed by atoms with Crippen molar-refractivity contribution in [3.05, 3.63) is 48.0 Å². The molecule has 0 saturated carbocycles. The lowest BCUT2D eigenvalue weighted by Gasteiger charge is -2.09. The SMILES string of the molecule is Oc1cccc2c1ccc1c3c(ccc12)CCN3. The normalized spacial score (nSPS) is 13.8. The van der Waals surface area contributed by atoms with E-state index in [1.165, 1.54) is 22.0 Å². The van der Waals surface area contributed by atoms with E-state index in [9.17, 15) is 5.11 Å². The molecule has 2 nitrogen and oxygen atoms in total. The van der Waals surface area contributed by atoms with E-state index in [-0.39, 0.29) is 0 Å². The number of phenolic OH excluding ortho intramolecular Hbond substituents is 1. The molecule has 1 aliphatic rings. The largest absolute Gasteiger partial charge is 0.507 e. The molecule has 18 heavy (non-hydrogen) atoms. The summed E-state index contributed by atoms with van der Waals surface area (Å²) in [6.45, 7) is 1.02. The van der Waals surface area contributed by atoms with Gasteiger partial charge in [-0.25, -0.2) is 0 Å². The molecule has 0 amide bonds. The van der Waals surface area contributed by atoms with Gasteiger partial charge in [0, 0.05) is 23.0 Å². The van der Waals surface area contributed by atoms with Crippen LogP contribution in [-0.4, -0.2) is 11.7 Å². The lowest BCUT2D eigenvalue weighted by atomic mass is 9.98. The Bertz CT molecular complexity index is 777. The van der Waals surface area contributed by atoms with Gasteiger partial charge in [0.2, 0.25) is 0 Å². The minimum Gasteiger partial charge on any atom is -0.507 e. The zero-order chi connectivity index (χ0) is 12.1. The highest BCUT2D eigenvalue weighted by atomic mass is 16.3. The molecule has 3 aromatic carbocycles. The van der Waals surface area contributed by atoms with Crippen molar-refractivity contribution in [3.63, 3.8) is 0 Å². The number of hydrogen-bond donors (Lipinski definition) is 2. The molecule has 0 radical (unpaired) electrons. The van der Waals surface area contributed by atoms with Gasteiger partial charge in [-0.15, -0.1) is 0 Å². The van der Waals surface area contributed by atoms with E-state index < -0.39 is 0 Å². The van der Waals surface area contributed by atoms with Crippen LogP contribution in [0, 0.1) is 0 Å². The molecule has 3 aromatic rings. The highest BCUT2D eigenvalue weighted by Gasteiger charge is 2.14. The van der Waals surface area contributed by atoms with E-state index >= 15 is 0 Å². The van der Waals surface area contributed by atoms with E-state index in [0.29, 0.717) is 5.75 Å². The molecule has 0 aliphatic carbocycles. The fourth-order valence-electron chi connectivity index (χ4n) is 2.94. The van der Waals surface area contributed by atoms with E-state index in [1.54, 1.807) is 6.07 Å². The Morgan fingerprint density at radius 1 is 0.833 bits per heavy atom. The first-order valence-electron chi connectivity index (χ1n) is 6.25. The Morgan fingerprint density at radius 3 is 2.56 bits per heavy atom. The molecule has 4 rings (SSSR count). The monoisotopic (exact) mass is 235 g/mol. The maximum atomic E-state index is 9.91. The number of aromatic hydroxyl groups is 1. The maximum absolute atomic E-state index is 9.91. The third kappa shape index (κ3) is 1.17. The average molecular weight is 235 g/mol. The highest BCUT2D eigenvalue weighted by molar-refractivity contribution is 6.13. The van der Waals surface area contributed by atoms with E-state index in [2.05, 4.69) is 29.6 Å². The lowest BCUT2D eigenvalue weighted by Crippen LogP contribution is -1.92. The van der Waals surface area contributed by atoms with Crippen LogP contribution in [-0.2, 0) is 6.42 Å². The zero-order valence-corrected chi connectivity index (χ0v) is 9.90. The Labute approximate surface area is 105 Å². The number of phenols is 1. The fourth-order valence-corrected chi connectivity index (χ4v) is 2.94. The molecule has 1 heterocycles. The van der Waals surface area contributed by atoms with Crippen molar-refractivity contribution < 1.29 is 5.11 Å². The molecule has 1 aliphatic heterocycles. The van der Waals surface area contributed by atoms with Gasteiger partial charge in [0.15, 0.2) is 0 Å². The van der Waals surface area contributed by atoms with Crippen LogP contribution < -0.4 is 5.32 Å². The Kier molecular flexibility index (Phi) is 1.84. The van der Waals surface area contributed by atoms with Crippen LogP contribution in [0.15, 0.2) is 42.5 Å². The van der Waals surface area contributed by atoms with Gasteiger partial charge in [0.25, 0.3) is 0 Å². The van der Waals surface area contributed by atoms with Crippen LogP contribution in [0.3, 0.4) is 0 Å². The van der Waals surface area contributed by atoms with Crippen molar-refractivity contribution in [1.82, 2.24) is 0 Å². The third-order valence-corrected chi connectivity index (χ3v) is 3.82. The number of anilines is 1. The molecule has 2 N–H and O–H groups in total. The summed E-state index contributed by atoms with van der Waals surface area (Å²) >= 11 is 0. The van der Waals surface area contributed by atoms with Crippen molar-refractivity contribution in [1.29, 1.82) is 0 Å². The minimum atomic E-state index is 0.350. The highest BCUT2D eigenvalue weighted by Crippen LogP contribution is 2.37. The number of hydrogen-bond acceptors (Lipinski definition) is 2. The summed E-state index contributed by atoms with van der Waals surface area (Å²) in [7, 11) is 0. The molecule has 0 unspecified atom stereocenters. The first-order valence-corrected chi connectivity index (χ1v) is 6.25. The van der Waals surface area contributed by atoms with Gasteiger partial charge in [-0.3, -0.25) is 0 Å². The molecule has 0 aromatic heterocycles. The molecular formula is C16H13NO. The second kappa shape index (κ2) is 3.39. The van der Waals surface area contributed by atoms with Crippen LogP contribution in [0.5, 0.6) is 5.75 Å². The summed E-state index contributed by atoms with van der Waals surface area (Å²) in [5.41, 5.74) is 2.65. The lowest BCUT2D eigenvalue weighted by molar-refractivity contribution is 0.481. The van der Waals surface area contributed by atoms with Gasteiger partial charge in [-0.05, 0) is 34.9 Å². The predicted molar refractivity (Wildman–Crippen MR) is 75.3 cm³/mol. The quantitative estimate of drug-likeness (QED) is 0.583. The maximum Gasteiger partial charge on any atom is 0.123 e. The molecule has 0 saturated heterocycles.